The highest BCUT2D eigenvalue weighted by Crippen LogP contribution is 2.28. The van der Waals surface area contributed by atoms with Gasteiger partial charge in [-0.05, 0) is 17.5 Å². The third-order valence-electron chi connectivity index (χ3n) is 1.78. The van der Waals surface area contributed by atoms with E-state index in [2.05, 4.69) is 33.1 Å². The van der Waals surface area contributed by atoms with Crippen LogP contribution in [0.2, 0.25) is 0 Å². The number of rotatable bonds is 3. The summed E-state index contributed by atoms with van der Waals surface area (Å²) in [6.45, 7) is 0. The van der Waals surface area contributed by atoms with Gasteiger partial charge in [-0.15, -0.1) is 27.8 Å². The molecule has 0 atom stereocenters. The normalized spacial score (nSPS) is 10.8. The van der Waals surface area contributed by atoms with Gasteiger partial charge in [0.15, 0.2) is 0 Å². The van der Waals surface area contributed by atoms with Crippen LogP contribution in [0.25, 0.3) is 10.4 Å². The lowest BCUT2D eigenvalue weighted by atomic mass is 10.2. The zero-order valence-electron chi connectivity index (χ0n) is 8.33. The monoisotopic (exact) mass is 250 g/mol. The third kappa shape index (κ3) is 2.68. The van der Waals surface area contributed by atoms with Crippen molar-refractivity contribution < 1.29 is 0 Å². The van der Waals surface area contributed by atoms with Crippen LogP contribution in [0.1, 0.15) is 4.88 Å². The quantitative estimate of drug-likeness (QED) is 0.497. The molecule has 0 aliphatic heterocycles. The Bertz CT molecular complexity index is 507. The second-order valence-corrected chi connectivity index (χ2v) is 4.87. The summed E-state index contributed by atoms with van der Waals surface area (Å²) in [5.74, 6) is -0.0358. The molecule has 2 aromatic heterocycles. The van der Waals surface area contributed by atoms with Crippen molar-refractivity contribution in [3.05, 3.63) is 33.8 Å². The molecule has 0 unspecified atom stereocenters. The summed E-state index contributed by atoms with van der Waals surface area (Å²) in [5, 5.41) is 11.4. The summed E-state index contributed by atoms with van der Waals surface area (Å²) in [6, 6.07) is 6.18. The van der Waals surface area contributed by atoms with E-state index in [-0.39, 0.29) is 5.96 Å². The van der Waals surface area contributed by atoms with Crippen molar-refractivity contribution >= 4 is 34.8 Å². The summed E-state index contributed by atoms with van der Waals surface area (Å²) in [7, 11) is 0. The van der Waals surface area contributed by atoms with E-state index in [1.165, 1.54) is 10.4 Å². The fourth-order valence-electron chi connectivity index (χ4n) is 1.14. The Hall–Kier alpha value is -1.66. The molecular weight excluding hydrogens is 240 g/mol. The molecule has 16 heavy (non-hydrogen) atoms. The molecule has 6 heteroatoms. The molecule has 4 N–H and O–H groups in total. The van der Waals surface area contributed by atoms with E-state index in [9.17, 15) is 0 Å². The molecule has 0 spiro atoms. The number of hydrogen-bond acceptors (Lipinski definition) is 4. The van der Waals surface area contributed by atoms with Gasteiger partial charge >= 0.3 is 0 Å². The van der Waals surface area contributed by atoms with Gasteiger partial charge in [0.25, 0.3) is 0 Å². The van der Waals surface area contributed by atoms with E-state index >= 15 is 0 Å². The van der Waals surface area contributed by atoms with Gasteiger partial charge in [0.2, 0.25) is 5.96 Å². The summed E-state index contributed by atoms with van der Waals surface area (Å²) in [6.07, 6.45) is 1.64. The van der Waals surface area contributed by atoms with Gasteiger partial charge < -0.3 is 11.5 Å². The van der Waals surface area contributed by atoms with Crippen molar-refractivity contribution in [2.45, 2.75) is 0 Å². The maximum absolute atomic E-state index is 5.16. The zero-order chi connectivity index (χ0) is 11.4. The molecule has 0 aliphatic carbocycles. The first-order valence-corrected chi connectivity index (χ1v) is 6.26. The molecule has 82 valence electrons. The van der Waals surface area contributed by atoms with E-state index in [0.29, 0.717) is 0 Å². The lowest BCUT2D eigenvalue weighted by Gasteiger charge is -1.87. The topological polar surface area (TPSA) is 76.8 Å². The Kier molecular flexibility index (Phi) is 3.33. The molecule has 2 aromatic rings. The van der Waals surface area contributed by atoms with Gasteiger partial charge in [-0.2, -0.15) is 5.10 Å². The number of nitrogens with zero attached hydrogens (tertiary/aromatic N) is 2. The number of guanidine groups is 1. The molecule has 2 rings (SSSR count). The summed E-state index contributed by atoms with van der Waals surface area (Å²) >= 11 is 3.32. The van der Waals surface area contributed by atoms with E-state index in [0.717, 1.165) is 4.88 Å². The highest BCUT2D eigenvalue weighted by molar-refractivity contribution is 7.15. The fraction of sp³-hybridized carbons (Fsp3) is 0. The van der Waals surface area contributed by atoms with Crippen molar-refractivity contribution in [2.75, 3.05) is 0 Å². The molecule has 0 bridgehead atoms. The van der Waals surface area contributed by atoms with Gasteiger partial charge in [-0.1, -0.05) is 6.07 Å². The first-order valence-electron chi connectivity index (χ1n) is 4.50. The van der Waals surface area contributed by atoms with Crippen LogP contribution in [0.15, 0.2) is 39.2 Å². The Balaban J connectivity index is 2.14. The van der Waals surface area contributed by atoms with Crippen molar-refractivity contribution in [2.24, 2.45) is 21.7 Å². The second kappa shape index (κ2) is 4.91. The molecule has 0 aliphatic rings. The molecule has 2 heterocycles. The fourth-order valence-corrected chi connectivity index (χ4v) is 2.70. The molecule has 0 radical (unpaired) electrons. The molecule has 0 saturated heterocycles. The van der Waals surface area contributed by atoms with E-state index < -0.39 is 0 Å². The molecule has 4 nitrogen and oxygen atoms in total. The van der Waals surface area contributed by atoms with Crippen LogP contribution >= 0.6 is 22.7 Å². The average molecular weight is 250 g/mol. The van der Waals surface area contributed by atoms with Crippen molar-refractivity contribution in [1.82, 2.24) is 0 Å². The lowest BCUT2D eigenvalue weighted by Crippen LogP contribution is -2.21. The van der Waals surface area contributed by atoms with Crippen LogP contribution < -0.4 is 11.5 Å². The Labute approximate surface area is 101 Å². The maximum atomic E-state index is 5.16. The van der Waals surface area contributed by atoms with E-state index in [4.69, 9.17) is 11.5 Å². The molecule has 0 saturated carbocycles. The largest absolute Gasteiger partial charge is 0.369 e. The van der Waals surface area contributed by atoms with Crippen LogP contribution in [-0.2, 0) is 0 Å². The highest BCUT2D eigenvalue weighted by Gasteiger charge is 2.01. The summed E-state index contributed by atoms with van der Waals surface area (Å²) < 4.78 is 0. The predicted octanol–water partition coefficient (Wildman–Crippen LogP) is 2.08. The van der Waals surface area contributed by atoms with Gasteiger partial charge in [-0.25, -0.2) is 0 Å². The van der Waals surface area contributed by atoms with Crippen LogP contribution in [0.3, 0.4) is 0 Å². The van der Waals surface area contributed by atoms with Crippen LogP contribution in [0.5, 0.6) is 0 Å². The smallest absolute Gasteiger partial charge is 0.211 e. The number of thiophene rings is 2. The van der Waals surface area contributed by atoms with Crippen LogP contribution in [0.4, 0.5) is 0 Å². The zero-order valence-corrected chi connectivity index (χ0v) is 9.96. The van der Waals surface area contributed by atoms with Gasteiger partial charge in [0, 0.05) is 20.7 Å². The van der Waals surface area contributed by atoms with Gasteiger partial charge in [0.1, 0.15) is 0 Å². The molecule has 0 amide bonds. The number of hydrogen-bond donors (Lipinski definition) is 2. The standard InChI is InChI=1S/C10H10N4S2/c11-10(12)14-13-5-8-4-7(6-16-8)9-2-1-3-15-9/h1-6H,(H4,11,12,14). The van der Waals surface area contributed by atoms with Crippen LogP contribution in [0, 0.1) is 0 Å². The Morgan fingerprint density at radius 2 is 2.19 bits per heavy atom. The summed E-state index contributed by atoms with van der Waals surface area (Å²) in [5.41, 5.74) is 11.5. The third-order valence-corrected chi connectivity index (χ3v) is 3.57. The van der Waals surface area contributed by atoms with Gasteiger partial charge in [0.05, 0.1) is 6.21 Å². The predicted molar refractivity (Wildman–Crippen MR) is 71.0 cm³/mol. The molecule has 0 fully saturated rings. The van der Waals surface area contributed by atoms with Crippen molar-refractivity contribution in [3.63, 3.8) is 0 Å². The first kappa shape index (κ1) is 10.8. The Morgan fingerprint density at radius 3 is 2.88 bits per heavy atom. The number of nitrogens with two attached hydrogens (primary N) is 2. The summed E-state index contributed by atoms with van der Waals surface area (Å²) in [4.78, 5) is 2.27. The maximum Gasteiger partial charge on any atom is 0.211 e. The minimum atomic E-state index is -0.0358. The second-order valence-electron chi connectivity index (χ2n) is 2.98. The highest BCUT2D eigenvalue weighted by atomic mass is 32.1. The molecular formula is C10H10N4S2. The SMILES string of the molecule is NC(N)=NN=Cc1cc(-c2cccs2)cs1. The first-order chi connectivity index (χ1) is 7.75. The minimum Gasteiger partial charge on any atom is -0.369 e. The average Bonchev–Trinajstić information content (AvgIpc) is 2.85. The van der Waals surface area contributed by atoms with Crippen LogP contribution in [-0.4, -0.2) is 12.2 Å². The van der Waals surface area contributed by atoms with Crippen molar-refractivity contribution in [1.29, 1.82) is 0 Å². The van der Waals surface area contributed by atoms with E-state index in [1.54, 1.807) is 28.9 Å². The van der Waals surface area contributed by atoms with Crippen molar-refractivity contribution in [3.8, 4) is 10.4 Å². The minimum absolute atomic E-state index is 0.0358. The lowest BCUT2D eigenvalue weighted by molar-refractivity contribution is 1.22. The molecule has 0 aromatic carbocycles. The Morgan fingerprint density at radius 1 is 1.31 bits per heavy atom. The van der Waals surface area contributed by atoms with Gasteiger partial charge in [-0.3, -0.25) is 0 Å². The van der Waals surface area contributed by atoms with E-state index in [1.807, 2.05) is 6.07 Å².